The summed E-state index contributed by atoms with van der Waals surface area (Å²) in [7, 11) is 0. The summed E-state index contributed by atoms with van der Waals surface area (Å²) < 4.78 is 10.3. The van der Waals surface area contributed by atoms with Gasteiger partial charge < -0.3 is 0 Å². The van der Waals surface area contributed by atoms with E-state index in [-0.39, 0.29) is 11.6 Å². The second-order valence-corrected chi connectivity index (χ2v) is 3.95. The third kappa shape index (κ3) is 9.25. The Kier molecular flexibility index (Phi) is 6.75. The zero-order valence-corrected chi connectivity index (χ0v) is 10.9. The fraction of sp³-hybridized carbons (Fsp3) is 0.400. The van der Waals surface area contributed by atoms with Crippen LogP contribution in [0.3, 0.4) is 0 Å². The van der Waals surface area contributed by atoms with E-state index in [4.69, 9.17) is 7.64 Å². The van der Waals surface area contributed by atoms with Gasteiger partial charge in [-0.1, -0.05) is 0 Å². The molecular weight excluding hydrogens is 263 g/mol. The molecule has 0 fully saturated rings. The van der Waals surface area contributed by atoms with Gasteiger partial charge >= 0.3 is 95.8 Å². The van der Waals surface area contributed by atoms with Gasteiger partial charge in [0, 0.05) is 0 Å². The normalized spacial score (nSPS) is 12.3. The molecule has 0 amide bonds. The summed E-state index contributed by atoms with van der Waals surface area (Å²) in [6, 6.07) is 0. The van der Waals surface area contributed by atoms with E-state index < -0.39 is 15.6 Å². The average molecular weight is 277 g/mol. The van der Waals surface area contributed by atoms with Crippen LogP contribution in [0.2, 0.25) is 0 Å². The summed E-state index contributed by atoms with van der Waals surface area (Å²) in [4.78, 5) is 21.3. The van der Waals surface area contributed by atoms with Crippen molar-refractivity contribution in [1.29, 1.82) is 0 Å². The van der Waals surface area contributed by atoms with Crippen LogP contribution in [-0.2, 0) is 17.2 Å². The molecule has 0 aliphatic heterocycles. The van der Waals surface area contributed by atoms with E-state index in [2.05, 4.69) is 0 Å². The van der Waals surface area contributed by atoms with Crippen molar-refractivity contribution in [3.05, 3.63) is 23.7 Å². The standard InChI is InChI=1S/C10H14O4Se/c1-7(11)5-9(3)13-15-14-10(4)6-8(2)12/h5-6H,1-4H3/b9-5-,10-6+. The van der Waals surface area contributed by atoms with E-state index in [1.807, 2.05) is 0 Å². The summed E-state index contributed by atoms with van der Waals surface area (Å²) in [5.74, 6) is 0.884. The van der Waals surface area contributed by atoms with Crippen molar-refractivity contribution in [3.8, 4) is 0 Å². The first-order valence-electron chi connectivity index (χ1n) is 4.30. The monoisotopic (exact) mass is 278 g/mol. The fourth-order valence-electron chi connectivity index (χ4n) is 0.745. The fourth-order valence-corrected chi connectivity index (χ4v) is 1.47. The molecule has 0 heterocycles. The van der Waals surface area contributed by atoms with Gasteiger partial charge in [0.2, 0.25) is 0 Å². The van der Waals surface area contributed by atoms with Gasteiger partial charge in [-0.25, -0.2) is 0 Å². The molecule has 0 aromatic rings. The molecule has 0 atom stereocenters. The van der Waals surface area contributed by atoms with Gasteiger partial charge in [0.25, 0.3) is 0 Å². The van der Waals surface area contributed by atoms with Gasteiger partial charge in [-0.05, 0) is 0 Å². The summed E-state index contributed by atoms with van der Waals surface area (Å²) in [5.41, 5.74) is 0. The number of hydrogen-bond donors (Lipinski definition) is 0. The van der Waals surface area contributed by atoms with Gasteiger partial charge in [0.1, 0.15) is 0 Å². The number of hydrogen-bond acceptors (Lipinski definition) is 4. The summed E-state index contributed by atoms with van der Waals surface area (Å²) in [6.07, 6.45) is 2.77. The molecule has 0 spiro atoms. The second kappa shape index (κ2) is 7.26. The topological polar surface area (TPSA) is 52.6 Å². The Morgan fingerprint density at radius 3 is 1.47 bits per heavy atom. The summed E-state index contributed by atoms with van der Waals surface area (Å²) in [5, 5.41) is 0. The van der Waals surface area contributed by atoms with Crippen LogP contribution in [0.4, 0.5) is 0 Å². The van der Waals surface area contributed by atoms with Gasteiger partial charge in [-0.3, -0.25) is 0 Å². The molecule has 0 aromatic heterocycles. The Hall–Kier alpha value is -1.06. The van der Waals surface area contributed by atoms with Crippen LogP contribution in [0.1, 0.15) is 27.7 Å². The van der Waals surface area contributed by atoms with Crippen molar-refractivity contribution in [1.82, 2.24) is 0 Å². The van der Waals surface area contributed by atoms with Gasteiger partial charge in [-0.2, -0.15) is 0 Å². The molecule has 0 N–H and O–H groups in total. The van der Waals surface area contributed by atoms with Crippen molar-refractivity contribution in [2.75, 3.05) is 0 Å². The molecule has 0 rings (SSSR count). The number of ketones is 2. The van der Waals surface area contributed by atoms with E-state index in [1.54, 1.807) is 13.8 Å². The summed E-state index contributed by atoms with van der Waals surface area (Å²) in [6.45, 7) is 6.25. The molecule has 84 valence electrons. The van der Waals surface area contributed by atoms with Crippen LogP contribution in [0.25, 0.3) is 0 Å². The molecule has 0 aliphatic carbocycles. The first-order chi connectivity index (χ1) is 6.91. The van der Waals surface area contributed by atoms with E-state index in [0.29, 0.717) is 11.5 Å². The van der Waals surface area contributed by atoms with E-state index >= 15 is 0 Å². The van der Waals surface area contributed by atoms with E-state index in [1.165, 1.54) is 26.0 Å². The maximum atomic E-state index is 10.7. The van der Waals surface area contributed by atoms with Crippen LogP contribution >= 0.6 is 0 Å². The molecule has 0 unspecified atom stereocenters. The predicted molar refractivity (Wildman–Crippen MR) is 56.8 cm³/mol. The van der Waals surface area contributed by atoms with Crippen LogP contribution in [0, 0.1) is 0 Å². The predicted octanol–water partition coefficient (Wildman–Crippen LogP) is 1.54. The van der Waals surface area contributed by atoms with Gasteiger partial charge in [-0.15, -0.1) is 0 Å². The van der Waals surface area contributed by atoms with Crippen LogP contribution in [0.15, 0.2) is 23.7 Å². The first kappa shape index (κ1) is 13.9. The molecule has 0 bridgehead atoms. The van der Waals surface area contributed by atoms with E-state index in [9.17, 15) is 9.59 Å². The van der Waals surface area contributed by atoms with Gasteiger partial charge in [0.05, 0.1) is 0 Å². The van der Waals surface area contributed by atoms with Crippen LogP contribution in [-0.4, -0.2) is 27.2 Å². The molecular formula is C10H14O4Se. The molecule has 15 heavy (non-hydrogen) atoms. The number of rotatable bonds is 6. The Balaban J connectivity index is 3.90. The maximum absolute atomic E-state index is 10.7. The van der Waals surface area contributed by atoms with Crippen LogP contribution in [0.5, 0.6) is 0 Å². The number of carbonyl (C=O) groups is 2. The van der Waals surface area contributed by atoms with Crippen LogP contribution < -0.4 is 0 Å². The van der Waals surface area contributed by atoms with Crippen molar-refractivity contribution >= 4 is 27.2 Å². The molecule has 0 aliphatic rings. The zero-order valence-electron chi connectivity index (χ0n) is 9.20. The Morgan fingerprint density at radius 2 is 1.20 bits per heavy atom. The quantitative estimate of drug-likeness (QED) is 0.420. The van der Waals surface area contributed by atoms with E-state index in [0.717, 1.165) is 0 Å². The van der Waals surface area contributed by atoms with Crippen molar-refractivity contribution in [2.45, 2.75) is 27.7 Å². The Morgan fingerprint density at radius 1 is 0.867 bits per heavy atom. The second-order valence-electron chi connectivity index (χ2n) is 2.97. The first-order valence-corrected chi connectivity index (χ1v) is 5.70. The number of allylic oxidation sites excluding steroid dienone is 4. The minimum absolute atomic E-state index is 0.0701. The Bertz CT molecular complexity index is 275. The average Bonchev–Trinajstić information content (AvgIpc) is 2.00. The zero-order chi connectivity index (χ0) is 11.8. The summed E-state index contributed by atoms with van der Waals surface area (Å²) >= 11 is -0.550. The van der Waals surface area contributed by atoms with Crippen molar-refractivity contribution in [2.24, 2.45) is 0 Å². The number of carbonyl (C=O) groups excluding carboxylic acids is 2. The molecule has 0 aromatic carbocycles. The molecule has 0 radical (unpaired) electrons. The third-order valence-electron chi connectivity index (χ3n) is 1.14. The van der Waals surface area contributed by atoms with Crippen molar-refractivity contribution < 1.29 is 17.2 Å². The third-order valence-corrected chi connectivity index (χ3v) is 2.53. The van der Waals surface area contributed by atoms with Gasteiger partial charge in [0.15, 0.2) is 0 Å². The molecule has 0 saturated heterocycles. The minimum atomic E-state index is -0.550. The molecule has 0 saturated carbocycles. The Labute approximate surface area is 96.1 Å². The molecule has 5 heteroatoms. The molecule has 4 nitrogen and oxygen atoms in total. The van der Waals surface area contributed by atoms with Crippen molar-refractivity contribution in [3.63, 3.8) is 0 Å². The SMILES string of the molecule is CC(=O)/C=C(/C)O[Se]O/C(C)=C/C(C)=O.